The van der Waals surface area contributed by atoms with Gasteiger partial charge < -0.3 is 19.9 Å². The van der Waals surface area contributed by atoms with E-state index >= 15 is 0 Å². The van der Waals surface area contributed by atoms with Gasteiger partial charge in [0.2, 0.25) is 5.91 Å². The first-order valence-electron chi connectivity index (χ1n) is 6.94. The average Bonchev–Trinajstić information content (AvgIpc) is 2.54. The number of ether oxygens (including phenoxy) is 3. The van der Waals surface area contributed by atoms with Gasteiger partial charge in [-0.3, -0.25) is 4.79 Å². The molecular formula is C17H21NO4. The maximum atomic E-state index is 12.0. The monoisotopic (exact) mass is 303 g/mol. The Morgan fingerprint density at radius 2 is 1.86 bits per heavy atom. The zero-order valence-corrected chi connectivity index (χ0v) is 13.3. The van der Waals surface area contributed by atoms with E-state index in [4.69, 9.17) is 19.9 Å². The molecule has 0 heterocycles. The molecule has 2 rings (SSSR count). The summed E-state index contributed by atoms with van der Waals surface area (Å²) in [6, 6.07) is 7.43. The Labute approximate surface area is 130 Å². The minimum Gasteiger partial charge on any atom is -0.497 e. The van der Waals surface area contributed by atoms with Gasteiger partial charge in [0.15, 0.2) is 0 Å². The van der Waals surface area contributed by atoms with Crippen LogP contribution in [0.2, 0.25) is 0 Å². The molecule has 1 aromatic rings. The van der Waals surface area contributed by atoms with Crippen molar-refractivity contribution in [3.63, 3.8) is 0 Å². The van der Waals surface area contributed by atoms with Crippen LogP contribution in [0.3, 0.4) is 0 Å². The second-order valence-corrected chi connectivity index (χ2v) is 5.07. The lowest BCUT2D eigenvalue weighted by molar-refractivity contribution is -0.129. The van der Waals surface area contributed by atoms with Crippen molar-refractivity contribution in [2.45, 2.75) is 12.5 Å². The molecule has 0 radical (unpaired) electrons. The molecular weight excluding hydrogens is 282 g/mol. The van der Waals surface area contributed by atoms with Gasteiger partial charge in [-0.15, -0.1) is 0 Å². The molecule has 118 valence electrons. The summed E-state index contributed by atoms with van der Waals surface area (Å²) in [5, 5.41) is 0. The lowest BCUT2D eigenvalue weighted by Gasteiger charge is -2.41. The van der Waals surface area contributed by atoms with E-state index in [1.54, 1.807) is 33.5 Å². The Morgan fingerprint density at radius 1 is 1.18 bits per heavy atom. The number of nitrogens with two attached hydrogens (primary N) is 1. The SMILES string of the molecule is COC1=C(C)C(OC)(c2ccccc2OC)C(C(N)=O)C=C1. The quantitative estimate of drug-likeness (QED) is 0.904. The lowest BCUT2D eigenvalue weighted by Crippen LogP contribution is -2.46. The van der Waals surface area contributed by atoms with Crippen molar-refractivity contribution in [2.75, 3.05) is 21.3 Å². The predicted octanol–water partition coefficient (Wildman–Crippen LogP) is 2.13. The summed E-state index contributed by atoms with van der Waals surface area (Å²) in [5.41, 5.74) is 6.07. The van der Waals surface area contributed by atoms with Crippen molar-refractivity contribution in [1.29, 1.82) is 0 Å². The molecule has 0 fully saturated rings. The minimum atomic E-state index is -1.06. The fourth-order valence-electron chi connectivity index (χ4n) is 3.09. The van der Waals surface area contributed by atoms with E-state index in [1.807, 2.05) is 31.2 Å². The standard InChI is InChI=1S/C17H21NO4/c1-11-14(20-2)10-9-13(16(18)19)17(11,22-4)12-7-5-6-8-15(12)21-3/h5-10,13H,1-4H3,(H2,18,19). The van der Waals surface area contributed by atoms with Crippen molar-refractivity contribution in [3.05, 3.63) is 53.3 Å². The summed E-state index contributed by atoms with van der Waals surface area (Å²) in [7, 11) is 4.71. The highest BCUT2D eigenvalue weighted by Crippen LogP contribution is 2.48. The van der Waals surface area contributed by atoms with E-state index in [-0.39, 0.29) is 0 Å². The van der Waals surface area contributed by atoms with Crippen molar-refractivity contribution in [2.24, 2.45) is 11.7 Å². The molecule has 1 aliphatic rings. The predicted molar refractivity (Wildman–Crippen MR) is 83.2 cm³/mol. The normalized spacial score (nSPS) is 24.3. The third-order valence-corrected chi connectivity index (χ3v) is 4.16. The van der Waals surface area contributed by atoms with E-state index in [9.17, 15) is 4.79 Å². The highest BCUT2D eigenvalue weighted by molar-refractivity contribution is 5.82. The Morgan fingerprint density at radius 3 is 2.41 bits per heavy atom. The fraction of sp³-hybridized carbons (Fsp3) is 0.353. The van der Waals surface area contributed by atoms with Gasteiger partial charge in [0, 0.05) is 18.2 Å². The highest BCUT2D eigenvalue weighted by atomic mass is 16.5. The summed E-state index contributed by atoms with van der Waals surface area (Å²) in [6.45, 7) is 1.87. The molecule has 5 heteroatoms. The van der Waals surface area contributed by atoms with Gasteiger partial charge >= 0.3 is 0 Å². The summed E-state index contributed by atoms with van der Waals surface area (Å²) in [6.07, 6.45) is 3.46. The Balaban J connectivity index is 2.78. The molecule has 0 saturated carbocycles. The van der Waals surface area contributed by atoms with Crippen LogP contribution in [0.1, 0.15) is 12.5 Å². The van der Waals surface area contributed by atoms with Crippen LogP contribution in [0.15, 0.2) is 47.7 Å². The van der Waals surface area contributed by atoms with E-state index in [0.717, 1.165) is 11.1 Å². The van der Waals surface area contributed by atoms with Crippen LogP contribution in [-0.4, -0.2) is 27.2 Å². The number of amides is 1. The van der Waals surface area contributed by atoms with Crippen LogP contribution < -0.4 is 10.5 Å². The van der Waals surface area contributed by atoms with Gasteiger partial charge in [0.25, 0.3) is 0 Å². The third-order valence-electron chi connectivity index (χ3n) is 4.16. The zero-order valence-electron chi connectivity index (χ0n) is 13.3. The maximum absolute atomic E-state index is 12.0. The number of para-hydroxylation sites is 1. The topological polar surface area (TPSA) is 70.8 Å². The van der Waals surface area contributed by atoms with Crippen LogP contribution in [0.4, 0.5) is 0 Å². The van der Waals surface area contributed by atoms with Gasteiger partial charge in [-0.1, -0.05) is 24.3 Å². The summed E-state index contributed by atoms with van der Waals surface area (Å²) in [4.78, 5) is 12.0. The van der Waals surface area contributed by atoms with E-state index in [2.05, 4.69) is 0 Å². The van der Waals surface area contributed by atoms with Gasteiger partial charge in [0.05, 0.1) is 20.1 Å². The number of carbonyl (C=O) groups excluding carboxylic acids is 1. The first-order chi connectivity index (χ1) is 10.5. The van der Waals surface area contributed by atoms with Crippen LogP contribution in [0, 0.1) is 5.92 Å². The van der Waals surface area contributed by atoms with Crippen molar-refractivity contribution in [1.82, 2.24) is 0 Å². The first-order valence-corrected chi connectivity index (χ1v) is 6.94. The highest BCUT2D eigenvalue weighted by Gasteiger charge is 2.49. The summed E-state index contributed by atoms with van der Waals surface area (Å²) < 4.78 is 16.7. The second kappa shape index (κ2) is 6.23. The van der Waals surface area contributed by atoms with E-state index in [1.165, 1.54) is 0 Å². The molecule has 2 N–H and O–H groups in total. The first kappa shape index (κ1) is 16.1. The largest absolute Gasteiger partial charge is 0.497 e. The molecule has 5 nitrogen and oxygen atoms in total. The molecule has 0 saturated heterocycles. The molecule has 1 aromatic carbocycles. The minimum absolute atomic E-state index is 0.474. The number of rotatable bonds is 5. The van der Waals surface area contributed by atoms with Crippen LogP contribution in [0.25, 0.3) is 0 Å². The Bertz CT molecular complexity index is 635. The number of hydrogen-bond donors (Lipinski definition) is 1. The lowest BCUT2D eigenvalue weighted by atomic mass is 9.72. The Hall–Kier alpha value is -2.27. The Kier molecular flexibility index (Phi) is 4.56. The molecule has 1 amide bonds. The van der Waals surface area contributed by atoms with Gasteiger partial charge in [-0.25, -0.2) is 0 Å². The number of methoxy groups -OCH3 is 3. The van der Waals surface area contributed by atoms with Crippen molar-refractivity contribution in [3.8, 4) is 5.75 Å². The molecule has 1 aliphatic carbocycles. The molecule has 22 heavy (non-hydrogen) atoms. The smallest absolute Gasteiger partial charge is 0.228 e. The zero-order chi connectivity index (χ0) is 16.3. The molecule has 0 aromatic heterocycles. The van der Waals surface area contributed by atoms with E-state index < -0.39 is 17.4 Å². The molecule has 2 unspecified atom stereocenters. The van der Waals surface area contributed by atoms with E-state index in [0.29, 0.717) is 11.5 Å². The van der Waals surface area contributed by atoms with Crippen LogP contribution in [-0.2, 0) is 19.9 Å². The summed E-state index contributed by atoms with van der Waals surface area (Å²) >= 11 is 0. The number of hydrogen-bond acceptors (Lipinski definition) is 4. The molecule has 0 aliphatic heterocycles. The molecule has 0 bridgehead atoms. The van der Waals surface area contributed by atoms with Gasteiger partial charge in [-0.2, -0.15) is 0 Å². The number of benzene rings is 1. The second-order valence-electron chi connectivity index (χ2n) is 5.07. The van der Waals surface area contributed by atoms with Crippen LogP contribution >= 0.6 is 0 Å². The number of primary amides is 1. The number of carbonyl (C=O) groups is 1. The number of allylic oxidation sites excluding steroid dienone is 1. The van der Waals surface area contributed by atoms with Crippen LogP contribution in [0.5, 0.6) is 5.75 Å². The average molecular weight is 303 g/mol. The fourth-order valence-corrected chi connectivity index (χ4v) is 3.09. The van der Waals surface area contributed by atoms with Gasteiger partial charge in [0.1, 0.15) is 17.1 Å². The summed E-state index contributed by atoms with van der Waals surface area (Å²) in [5.74, 6) is 0.136. The van der Waals surface area contributed by atoms with Crippen molar-refractivity contribution >= 4 is 5.91 Å². The molecule has 2 atom stereocenters. The maximum Gasteiger partial charge on any atom is 0.228 e. The van der Waals surface area contributed by atoms with Gasteiger partial charge in [-0.05, 0) is 19.1 Å². The third kappa shape index (κ3) is 2.27. The molecule has 0 spiro atoms. The van der Waals surface area contributed by atoms with Crippen molar-refractivity contribution < 1.29 is 19.0 Å².